The van der Waals surface area contributed by atoms with Crippen LogP contribution in [-0.4, -0.2) is 58.0 Å². The number of carbonyl (C=O) groups is 2. The van der Waals surface area contributed by atoms with E-state index in [0.29, 0.717) is 43.1 Å². The second kappa shape index (κ2) is 6.97. The van der Waals surface area contributed by atoms with Gasteiger partial charge in [-0.25, -0.2) is 14.8 Å². The van der Waals surface area contributed by atoms with Crippen LogP contribution in [-0.2, 0) is 0 Å². The molecule has 1 aliphatic rings. The van der Waals surface area contributed by atoms with E-state index in [4.69, 9.17) is 10.4 Å². The van der Waals surface area contributed by atoms with Gasteiger partial charge in [0.2, 0.25) is 0 Å². The molecule has 2 aromatic heterocycles. The number of aromatic carboxylic acids is 1. The van der Waals surface area contributed by atoms with Crippen molar-refractivity contribution in [1.29, 1.82) is 5.26 Å². The zero-order valence-corrected chi connectivity index (χ0v) is 13.3. The van der Waals surface area contributed by atoms with Gasteiger partial charge in [-0.05, 0) is 24.3 Å². The zero-order valence-electron chi connectivity index (χ0n) is 13.3. The van der Waals surface area contributed by atoms with E-state index >= 15 is 0 Å². The van der Waals surface area contributed by atoms with Crippen LogP contribution in [0.15, 0.2) is 36.7 Å². The Bertz CT molecular complexity index is 836. The average Bonchev–Trinajstić information content (AvgIpc) is 2.67. The molecule has 1 saturated heterocycles. The number of hydrogen-bond acceptors (Lipinski definition) is 6. The molecule has 8 heteroatoms. The summed E-state index contributed by atoms with van der Waals surface area (Å²) in [6, 6.07) is 8.35. The van der Waals surface area contributed by atoms with Crippen molar-refractivity contribution in [1.82, 2.24) is 14.9 Å². The van der Waals surface area contributed by atoms with Crippen molar-refractivity contribution in [3.63, 3.8) is 0 Å². The number of carbonyl (C=O) groups excluding carboxylic acids is 1. The zero-order chi connectivity index (χ0) is 17.8. The topological polar surface area (TPSA) is 110 Å². The van der Waals surface area contributed by atoms with Crippen LogP contribution in [0.3, 0.4) is 0 Å². The quantitative estimate of drug-likeness (QED) is 0.889. The number of amides is 1. The van der Waals surface area contributed by atoms with E-state index in [1.807, 2.05) is 4.90 Å². The first-order valence-corrected chi connectivity index (χ1v) is 7.69. The van der Waals surface area contributed by atoms with Gasteiger partial charge < -0.3 is 14.9 Å². The van der Waals surface area contributed by atoms with E-state index in [0.717, 1.165) is 0 Å². The molecule has 2 aromatic rings. The van der Waals surface area contributed by atoms with Gasteiger partial charge in [0.25, 0.3) is 5.91 Å². The maximum Gasteiger partial charge on any atom is 0.354 e. The summed E-state index contributed by atoms with van der Waals surface area (Å²) < 4.78 is 0. The van der Waals surface area contributed by atoms with Gasteiger partial charge in [-0.2, -0.15) is 5.26 Å². The SMILES string of the molecule is N#Cc1cccnc1N1CCN(C(=O)c2ccc(C(=O)O)nc2)CC1. The van der Waals surface area contributed by atoms with Crippen LogP contribution < -0.4 is 4.90 Å². The van der Waals surface area contributed by atoms with Gasteiger partial charge >= 0.3 is 5.97 Å². The van der Waals surface area contributed by atoms with Crippen molar-refractivity contribution >= 4 is 17.7 Å². The summed E-state index contributed by atoms with van der Waals surface area (Å²) in [4.78, 5) is 35.0. The van der Waals surface area contributed by atoms with Crippen molar-refractivity contribution < 1.29 is 14.7 Å². The molecule has 8 nitrogen and oxygen atoms in total. The van der Waals surface area contributed by atoms with Crippen molar-refractivity contribution in [3.8, 4) is 6.07 Å². The summed E-state index contributed by atoms with van der Waals surface area (Å²) in [5.74, 6) is -0.688. The summed E-state index contributed by atoms with van der Waals surface area (Å²) in [7, 11) is 0. The summed E-state index contributed by atoms with van der Waals surface area (Å²) in [5, 5.41) is 18.0. The van der Waals surface area contributed by atoms with Crippen LogP contribution in [0.4, 0.5) is 5.82 Å². The average molecular weight is 337 g/mol. The van der Waals surface area contributed by atoms with Gasteiger partial charge in [0.15, 0.2) is 0 Å². The van der Waals surface area contributed by atoms with Crippen molar-refractivity contribution in [2.24, 2.45) is 0 Å². The molecule has 25 heavy (non-hydrogen) atoms. The molecule has 0 atom stereocenters. The number of piperazine rings is 1. The van der Waals surface area contributed by atoms with Crippen LogP contribution >= 0.6 is 0 Å². The van der Waals surface area contributed by atoms with Gasteiger partial charge in [-0.15, -0.1) is 0 Å². The molecule has 0 aliphatic carbocycles. The van der Waals surface area contributed by atoms with Crippen LogP contribution in [0, 0.1) is 11.3 Å². The van der Waals surface area contributed by atoms with Gasteiger partial charge in [0.05, 0.1) is 11.1 Å². The fraction of sp³-hybridized carbons (Fsp3) is 0.235. The summed E-state index contributed by atoms with van der Waals surface area (Å²) in [6.07, 6.45) is 2.92. The Morgan fingerprint density at radius 1 is 1.12 bits per heavy atom. The van der Waals surface area contributed by atoms with E-state index < -0.39 is 5.97 Å². The molecule has 126 valence electrons. The molecular weight excluding hydrogens is 322 g/mol. The van der Waals surface area contributed by atoms with E-state index in [1.165, 1.54) is 18.3 Å². The number of carboxylic acids is 1. The molecule has 1 aliphatic heterocycles. The Balaban J connectivity index is 1.66. The van der Waals surface area contributed by atoms with Crippen LogP contribution in [0.2, 0.25) is 0 Å². The van der Waals surface area contributed by atoms with Gasteiger partial charge in [0.1, 0.15) is 17.6 Å². The molecule has 0 saturated carbocycles. The molecule has 1 N–H and O–H groups in total. The Kier molecular flexibility index (Phi) is 4.57. The van der Waals surface area contributed by atoms with Crippen molar-refractivity contribution in [2.75, 3.05) is 31.1 Å². The minimum Gasteiger partial charge on any atom is -0.477 e. The molecule has 3 rings (SSSR count). The Hall–Kier alpha value is -3.47. The van der Waals surface area contributed by atoms with E-state index in [2.05, 4.69) is 16.0 Å². The number of hydrogen-bond donors (Lipinski definition) is 1. The fourth-order valence-corrected chi connectivity index (χ4v) is 2.69. The highest BCUT2D eigenvalue weighted by atomic mass is 16.4. The number of rotatable bonds is 3. The summed E-state index contributed by atoms with van der Waals surface area (Å²) in [5.41, 5.74) is 0.769. The first-order valence-electron chi connectivity index (χ1n) is 7.69. The molecule has 0 bridgehead atoms. The number of nitrogens with zero attached hydrogens (tertiary/aromatic N) is 5. The normalized spacial score (nSPS) is 14.0. The second-order valence-electron chi connectivity index (χ2n) is 5.50. The minimum absolute atomic E-state index is 0.0967. The first-order chi connectivity index (χ1) is 12.1. The maximum absolute atomic E-state index is 12.5. The lowest BCUT2D eigenvalue weighted by atomic mass is 10.2. The third kappa shape index (κ3) is 3.40. The Labute approximate surface area is 144 Å². The third-order valence-electron chi connectivity index (χ3n) is 4.00. The third-order valence-corrected chi connectivity index (χ3v) is 4.00. The van der Waals surface area contributed by atoms with Gasteiger partial charge in [0, 0.05) is 38.6 Å². The highest BCUT2D eigenvalue weighted by Gasteiger charge is 2.24. The van der Waals surface area contributed by atoms with Gasteiger partial charge in [-0.3, -0.25) is 4.79 Å². The van der Waals surface area contributed by atoms with Crippen molar-refractivity contribution in [3.05, 3.63) is 53.5 Å². The number of anilines is 1. The highest BCUT2D eigenvalue weighted by molar-refractivity contribution is 5.95. The largest absolute Gasteiger partial charge is 0.477 e. The molecule has 0 spiro atoms. The predicted octanol–water partition coefficient (Wildman–Crippen LogP) is 1.01. The van der Waals surface area contributed by atoms with Gasteiger partial charge in [-0.1, -0.05) is 0 Å². The van der Waals surface area contributed by atoms with Crippen LogP contribution in [0.5, 0.6) is 0 Å². The van der Waals surface area contributed by atoms with Crippen LogP contribution in [0.1, 0.15) is 26.4 Å². The summed E-state index contributed by atoms with van der Waals surface area (Å²) in [6.45, 7) is 2.11. The molecular formula is C17H15N5O3. The molecule has 1 amide bonds. The number of nitriles is 1. The van der Waals surface area contributed by atoms with Crippen molar-refractivity contribution in [2.45, 2.75) is 0 Å². The second-order valence-corrected chi connectivity index (χ2v) is 5.50. The Morgan fingerprint density at radius 3 is 2.48 bits per heavy atom. The van der Waals surface area contributed by atoms with E-state index in [-0.39, 0.29) is 11.6 Å². The number of carboxylic acid groups (broad SMARTS) is 1. The maximum atomic E-state index is 12.5. The molecule has 0 radical (unpaired) electrons. The first kappa shape index (κ1) is 16.4. The molecule has 3 heterocycles. The lowest BCUT2D eigenvalue weighted by Gasteiger charge is -2.35. The monoisotopic (exact) mass is 337 g/mol. The molecule has 0 unspecified atom stereocenters. The standard InChI is InChI=1S/C17H15N5O3/c18-10-12-2-1-5-19-15(12)21-6-8-22(9-7-21)16(23)13-3-4-14(17(24)25)20-11-13/h1-5,11H,6-9H2,(H,24,25). The summed E-state index contributed by atoms with van der Waals surface area (Å²) >= 11 is 0. The predicted molar refractivity (Wildman–Crippen MR) is 88.3 cm³/mol. The number of aromatic nitrogens is 2. The molecule has 0 aromatic carbocycles. The molecule has 1 fully saturated rings. The van der Waals surface area contributed by atoms with E-state index in [1.54, 1.807) is 23.2 Å². The fourth-order valence-electron chi connectivity index (χ4n) is 2.69. The lowest BCUT2D eigenvalue weighted by molar-refractivity contribution is 0.0686. The number of pyridine rings is 2. The highest BCUT2D eigenvalue weighted by Crippen LogP contribution is 2.18. The Morgan fingerprint density at radius 2 is 1.88 bits per heavy atom. The lowest BCUT2D eigenvalue weighted by Crippen LogP contribution is -2.49. The smallest absolute Gasteiger partial charge is 0.354 e. The van der Waals surface area contributed by atoms with Crippen LogP contribution in [0.25, 0.3) is 0 Å². The van der Waals surface area contributed by atoms with E-state index in [9.17, 15) is 9.59 Å². The minimum atomic E-state index is -1.13.